The van der Waals surface area contributed by atoms with Crippen molar-refractivity contribution in [3.8, 4) is 27.9 Å². The molecule has 4 nitrogen and oxygen atoms in total. The monoisotopic (exact) mass is 717 g/mol. The highest BCUT2D eigenvalue weighted by atomic mass is 16.3. The summed E-state index contributed by atoms with van der Waals surface area (Å²) in [6, 6.07) is 68.6. The molecule has 10 aromatic rings. The molecule has 0 spiro atoms. The molecule has 0 amide bonds. The van der Waals surface area contributed by atoms with Crippen LogP contribution in [0, 0.1) is 0 Å². The van der Waals surface area contributed by atoms with Crippen LogP contribution in [0.2, 0.25) is 0 Å². The van der Waals surface area contributed by atoms with Crippen molar-refractivity contribution < 1.29 is 4.42 Å². The van der Waals surface area contributed by atoms with Gasteiger partial charge in [-0.2, -0.15) is 0 Å². The van der Waals surface area contributed by atoms with Gasteiger partial charge >= 0.3 is 0 Å². The molecule has 1 N–H and O–H groups in total. The molecular formula is C52H35N3O. The van der Waals surface area contributed by atoms with Gasteiger partial charge in [0.1, 0.15) is 11.4 Å². The van der Waals surface area contributed by atoms with E-state index in [-0.39, 0.29) is 6.04 Å². The number of hydrogen-bond donors (Lipinski definition) is 1. The van der Waals surface area contributed by atoms with Crippen molar-refractivity contribution in [3.05, 3.63) is 217 Å². The molecule has 1 atom stereocenters. The molecule has 1 aliphatic rings. The zero-order valence-corrected chi connectivity index (χ0v) is 30.4. The van der Waals surface area contributed by atoms with Gasteiger partial charge in [-0.05, 0) is 64.2 Å². The molecule has 264 valence electrons. The van der Waals surface area contributed by atoms with Gasteiger partial charge in [-0.3, -0.25) is 0 Å². The molecule has 0 aliphatic carbocycles. The third kappa shape index (κ3) is 5.42. The van der Waals surface area contributed by atoms with Crippen LogP contribution in [-0.2, 0) is 0 Å². The standard InChI is InChI=1S/C52H35N3O/c1-3-13-34(14-4-1)36-25-27-37(28-26-36)45-33-46(39-18-11-17-38(31-39)35-15-5-2-6-16-35)54-52(53-45)40-29-30-42-41-19-7-9-22-47(41)55(49(42)32-40)48-23-12-21-44-43-20-8-10-24-50(43)56-51(44)48/h1-33,45H,(H,53,54). The molecule has 2 aromatic heterocycles. The summed E-state index contributed by atoms with van der Waals surface area (Å²) in [5.74, 6) is 0.824. The maximum absolute atomic E-state index is 6.59. The molecule has 0 saturated carbocycles. The van der Waals surface area contributed by atoms with E-state index in [4.69, 9.17) is 9.41 Å². The maximum Gasteiger partial charge on any atom is 0.159 e. The second kappa shape index (κ2) is 13.2. The van der Waals surface area contributed by atoms with E-state index in [9.17, 15) is 0 Å². The molecule has 8 aromatic carbocycles. The number of nitrogens with zero attached hydrogens (tertiary/aromatic N) is 2. The summed E-state index contributed by atoms with van der Waals surface area (Å²) in [5.41, 5.74) is 13.9. The zero-order valence-electron chi connectivity index (χ0n) is 30.4. The van der Waals surface area contributed by atoms with Crippen LogP contribution in [0.5, 0.6) is 0 Å². The van der Waals surface area contributed by atoms with Crippen LogP contribution in [0.1, 0.15) is 22.7 Å². The summed E-state index contributed by atoms with van der Waals surface area (Å²) < 4.78 is 8.94. The highest BCUT2D eigenvalue weighted by molar-refractivity contribution is 6.14. The average Bonchev–Trinajstić information content (AvgIpc) is 3.83. The summed E-state index contributed by atoms with van der Waals surface area (Å²) in [6.45, 7) is 0. The van der Waals surface area contributed by atoms with Crippen molar-refractivity contribution in [1.29, 1.82) is 0 Å². The van der Waals surface area contributed by atoms with Gasteiger partial charge < -0.3 is 14.3 Å². The third-order valence-electron chi connectivity index (χ3n) is 11.1. The van der Waals surface area contributed by atoms with Gasteiger partial charge in [-0.1, -0.05) is 164 Å². The Labute approximate surface area is 324 Å². The first-order chi connectivity index (χ1) is 27.7. The normalized spacial score (nSPS) is 14.2. The van der Waals surface area contributed by atoms with Crippen molar-refractivity contribution in [2.45, 2.75) is 6.04 Å². The van der Waals surface area contributed by atoms with Crippen molar-refractivity contribution in [2.75, 3.05) is 0 Å². The Balaban J connectivity index is 1.07. The van der Waals surface area contributed by atoms with Crippen LogP contribution < -0.4 is 5.32 Å². The SMILES string of the molecule is C1=C(c2cccc(-c3ccccc3)c2)N=C(c2ccc3c4ccccc4n(-c4cccc5c4oc4ccccc45)c3c2)NC1c1ccc(-c2ccccc2)cc1. The first-order valence-electron chi connectivity index (χ1n) is 19.1. The fourth-order valence-electron chi connectivity index (χ4n) is 8.31. The number of aliphatic imine (C=N–C) groups is 1. The Kier molecular flexibility index (Phi) is 7.52. The molecule has 4 heteroatoms. The first kappa shape index (κ1) is 32.0. The molecule has 56 heavy (non-hydrogen) atoms. The van der Waals surface area contributed by atoms with E-state index >= 15 is 0 Å². The lowest BCUT2D eigenvalue weighted by Gasteiger charge is -2.25. The van der Waals surface area contributed by atoms with E-state index in [0.29, 0.717) is 0 Å². The van der Waals surface area contributed by atoms with Gasteiger partial charge in [-0.15, -0.1) is 0 Å². The number of nitrogens with one attached hydrogen (secondary N) is 1. The van der Waals surface area contributed by atoms with Crippen LogP contribution in [0.4, 0.5) is 0 Å². The minimum absolute atomic E-state index is 0.103. The molecule has 0 saturated heterocycles. The summed E-state index contributed by atoms with van der Waals surface area (Å²) in [7, 11) is 0. The second-order valence-corrected chi connectivity index (χ2v) is 14.4. The lowest BCUT2D eigenvalue weighted by Crippen LogP contribution is -2.31. The van der Waals surface area contributed by atoms with Gasteiger partial charge in [0.25, 0.3) is 0 Å². The molecule has 0 fully saturated rings. The minimum Gasteiger partial charge on any atom is -0.454 e. The van der Waals surface area contributed by atoms with E-state index in [2.05, 4.69) is 198 Å². The number of fused-ring (bicyclic) bond motifs is 6. The Bertz CT molecular complexity index is 3150. The van der Waals surface area contributed by atoms with Crippen LogP contribution in [0.3, 0.4) is 0 Å². The third-order valence-corrected chi connectivity index (χ3v) is 11.1. The van der Waals surface area contributed by atoms with Gasteiger partial charge in [-0.25, -0.2) is 4.99 Å². The number of furan rings is 1. The summed E-state index contributed by atoms with van der Waals surface area (Å²) in [4.78, 5) is 5.38. The smallest absolute Gasteiger partial charge is 0.159 e. The lowest BCUT2D eigenvalue weighted by molar-refractivity contribution is 0.666. The van der Waals surface area contributed by atoms with Crippen LogP contribution in [0.25, 0.3) is 77.4 Å². The highest BCUT2D eigenvalue weighted by Gasteiger charge is 2.23. The lowest BCUT2D eigenvalue weighted by atomic mass is 9.96. The molecule has 0 radical (unpaired) electrons. The Hall–Kier alpha value is -7.43. The van der Waals surface area contributed by atoms with Gasteiger partial charge in [0.15, 0.2) is 5.58 Å². The number of aromatic nitrogens is 1. The number of benzene rings is 8. The number of amidine groups is 1. The Morgan fingerprint density at radius 1 is 0.446 bits per heavy atom. The van der Waals surface area contributed by atoms with E-state index in [1.807, 2.05) is 12.1 Å². The minimum atomic E-state index is -0.103. The van der Waals surface area contributed by atoms with Crippen molar-refractivity contribution >= 4 is 55.3 Å². The van der Waals surface area contributed by atoms with Crippen LogP contribution >= 0.6 is 0 Å². The number of hydrogen-bond acceptors (Lipinski definition) is 3. The first-order valence-corrected chi connectivity index (χ1v) is 19.1. The van der Waals surface area contributed by atoms with Gasteiger partial charge in [0.2, 0.25) is 0 Å². The van der Waals surface area contributed by atoms with E-state index in [1.165, 1.54) is 33.0 Å². The quantitative estimate of drug-likeness (QED) is 0.186. The van der Waals surface area contributed by atoms with E-state index < -0.39 is 0 Å². The summed E-state index contributed by atoms with van der Waals surface area (Å²) >= 11 is 0. The molecule has 1 unspecified atom stereocenters. The Morgan fingerprint density at radius 2 is 1.05 bits per heavy atom. The molecule has 11 rings (SSSR count). The van der Waals surface area contributed by atoms with E-state index in [0.717, 1.165) is 66.9 Å². The zero-order chi connectivity index (χ0) is 37.0. The topological polar surface area (TPSA) is 42.5 Å². The molecule has 3 heterocycles. The predicted molar refractivity (Wildman–Crippen MR) is 232 cm³/mol. The van der Waals surface area contributed by atoms with Crippen LogP contribution in [0.15, 0.2) is 210 Å². The Morgan fingerprint density at radius 3 is 1.88 bits per heavy atom. The van der Waals surface area contributed by atoms with Crippen molar-refractivity contribution in [1.82, 2.24) is 9.88 Å². The number of para-hydroxylation sites is 3. The van der Waals surface area contributed by atoms with Gasteiger partial charge in [0, 0.05) is 32.7 Å². The summed E-state index contributed by atoms with van der Waals surface area (Å²) in [5, 5.41) is 8.43. The maximum atomic E-state index is 6.59. The molecule has 0 bridgehead atoms. The second-order valence-electron chi connectivity index (χ2n) is 14.4. The average molecular weight is 718 g/mol. The van der Waals surface area contributed by atoms with Gasteiger partial charge in [0.05, 0.1) is 28.5 Å². The fourth-order valence-corrected chi connectivity index (χ4v) is 8.31. The largest absolute Gasteiger partial charge is 0.454 e. The van der Waals surface area contributed by atoms with Crippen LogP contribution in [-0.4, -0.2) is 10.4 Å². The number of rotatable bonds is 6. The predicted octanol–water partition coefficient (Wildman–Crippen LogP) is 13.1. The fraction of sp³-hybridized carbons (Fsp3) is 0.0192. The highest BCUT2D eigenvalue weighted by Crippen LogP contribution is 2.39. The molecule has 1 aliphatic heterocycles. The van der Waals surface area contributed by atoms with Crippen molar-refractivity contribution in [2.24, 2.45) is 4.99 Å². The molecular weight excluding hydrogens is 683 g/mol. The van der Waals surface area contributed by atoms with Crippen molar-refractivity contribution in [3.63, 3.8) is 0 Å². The van der Waals surface area contributed by atoms with E-state index in [1.54, 1.807) is 0 Å². The summed E-state index contributed by atoms with van der Waals surface area (Å²) in [6.07, 6.45) is 2.25.